The van der Waals surface area contributed by atoms with E-state index in [0.29, 0.717) is 13.0 Å². The molecule has 0 heterocycles. The molecule has 0 bridgehead atoms. The monoisotopic (exact) mass is 300 g/mol. The second kappa shape index (κ2) is 8.22. The lowest BCUT2D eigenvalue weighted by Gasteiger charge is -2.20. The third-order valence-corrected chi connectivity index (χ3v) is 3.66. The number of carbonyl (C=O) groups is 1. The second-order valence-electron chi connectivity index (χ2n) is 4.67. The Kier molecular flexibility index (Phi) is 6.96. The van der Waals surface area contributed by atoms with Gasteiger partial charge >= 0.3 is 0 Å². The molecule has 20 heavy (non-hydrogen) atoms. The van der Waals surface area contributed by atoms with Crippen LogP contribution in [0, 0.1) is 5.82 Å². The molecule has 3 nitrogen and oxygen atoms in total. The highest BCUT2D eigenvalue weighted by molar-refractivity contribution is 6.30. The van der Waals surface area contributed by atoms with Crippen LogP contribution < -0.4 is 5.32 Å². The number of rotatable bonds is 7. The Morgan fingerprint density at radius 3 is 2.60 bits per heavy atom. The van der Waals surface area contributed by atoms with Crippen LogP contribution in [0.3, 0.4) is 0 Å². The van der Waals surface area contributed by atoms with Crippen LogP contribution in [0.1, 0.15) is 38.8 Å². The molecule has 1 atom stereocenters. The van der Waals surface area contributed by atoms with Gasteiger partial charge in [0.2, 0.25) is 5.91 Å². The molecule has 1 aromatic rings. The van der Waals surface area contributed by atoms with Gasteiger partial charge in [0.05, 0.1) is 5.02 Å². The zero-order chi connectivity index (χ0) is 15.1. The minimum atomic E-state index is -0.419. The van der Waals surface area contributed by atoms with Crippen LogP contribution in [-0.2, 0) is 4.79 Å². The molecule has 0 aromatic heterocycles. The molecule has 1 aromatic carbocycles. The minimum Gasteiger partial charge on any atom is -0.343 e. The fraction of sp³-hybridized carbons (Fsp3) is 0.533. The Morgan fingerprint density at radius 2 is 2.05 bits per heavy atom. The average Bonchev–Trinajstić information content (AvgIpc) is 2.43. The Morgan fingerprint density at radius 1 is 1.40 bits per heavy atom. The van der Waals surface area contributed by atoms with E-state index in [9.17, 15) is 9.18 Å². The van der Waals surface area contributed by atoms with Crippen LogP contribution in [-0.4, -0.2) is 30.4 Å². The number of hydrogen-bond acceptors (Lipinski definition) is 2. The van der Waals surface area contributed by atoms with Gasteiger partial charge in [-0.05, 0) is 38.5 Å². The van der Waals surface area contributed by atoms with E-state index in [4.69, 9.17) is 11.6 Å². The van der Waals surface area contributed by atoms with E-state index >= 15 is 0 Å². The molecule has 0 saturated heterocycles. The van der Waals surface area contributed by atoms with Gasteiger partial charge in [0.25, 0.3) is 0 Å². The summed E-state index contributed by atoms with van der Waals surface area (Å²) in [4.78, 5) is 13.6. The smallest absolute Gasteiger partial charge is 0.223 e. The molecule has 1 unspecified atom stereocenters. The molecule has 0 spiro atoms. The Balaban J connectivity index is 2.45. The van der Waals surface area contributed by atoms with E-state index in [2.05, 4.69) is 5.32 Å². The van der Waals surface area contributed by atoms with Crippen LogP contribution in [0.15, 0.2) is 18.2 Å². The van der Waals surface area contributed by atoms with Crippen molar-refractivity contribution in [1.29, 1.82) is 0 Å². The summed E-state index contributed by atoms with van der Waals surface area (Å²) >= 11 is 5.65. The second-order valence-corrected chi connectivity index (χ2v) is 5.07. The summed E-state index contributed by atoms with van der Waals surface area (Å²) in [5.41, 5.74) is 0.821. The number of halogens is 2. The highest BCUT2D eigenvalue weighted by atomic mass is 35.5. The molecule has 0 saturated carbocycles. The molecule has 1 amide bonds. The predicted octanol–water partition coefficient (Wildman–Crippen LogP) is 3.39. The van der Waals surface area contributed by atoms with Gasteiger partial charge in [-0.1, -0.05) is 17.7 Å². The fourth-order valence-corrected chi connectivity index (χ4v) is 2.15. The number of nitrogens with zero attached hydrogens (tertiary/aromatic N) is 1. The molecule has 0 fully saturated rings. The van der Waals surface area contributed by atoms with Gasteiger partial charge in [-0.3, -0.25) is 4.79 Å². The third kappa shape index (κ3) is 4.76. The summed E-state index contributed by atoms with van der Waals surface area (Å²) in [7, 11) is 0. The van der Waals surface area contributed by atoms with Gasteiger partial charge < -0.3 is 10.2 Å². The van der Waals surface area contributed by atoms with Crippen molar-refractivity contribution in [2.75, 3.05) is 19.6 Å². The number of hydrogen-bond donors (Lipinski definition) is 1. The van der Waals surface area contributed by atoms with Crippen molar-refractivity contribution in [3.8, 4) is 0 Å². The Labute approximate surface area is 125 Å². The molecule has 112 valence electrons. The standard InChI is InChI=1S/C15H22ClFN2O/c1-4-19(5-2)15(20)8-9-18-11(3)12-6-7-13(16)14(17)10-12/h6-7,10-11,18H,4-5,8-9H2,1-3H3. The normalized spacial score (nSPS) is 12.2. The van der Waals surface area contributed by atoms with Crippen molar-refractivity contribution in [2.45, 2.75) is 33.2 Å². The lowest BCUT2D eigenvalue weighted by Crippen LogP contribution is -2.33. The maximum atomic E-state index is 13.4. The molecule has 1 rings (SSSR count). The third-order valence-electron chi connectivity index (χ3n) is 3.35. The highest BCUT2D eigenvalue weighted by Crippen LogP contribution is 2.19. The van der Waals surface area contributed by atoms with Crippen molar-refractivity contribution in [3.63, 3.8) is 0 Å². The SMILES string of the molecule is CCN(CC)C(=O)CCNC(C)c1ccc(Cl)c(F)c1. The first kappa shape index (κ1) is 16.9. The van der Waals surface area contributed by atoms with Crippen molar-refractivity contribution < 1.29 is 9.18 Å². The van der Waals surface area contributed by atoms with Gasteiger partial charge in [-0.25, -0.2) is 4.39 Å². The first-order chi connectivity index (χ1) is 9.49. The average molecular weight is 301 g/mol. The largest absolute Gasteiger partial charge is 0.343 e. The van der Waals surface area contributed by atoms with Crippen molar-refractivity contribution in [3.05, 3.63) is 34.6 Å². The Hall–Kier alpha value is -1.13. The molecule has 5 heteroatoms. The van der Waals surface area contributed by atoms with Crippen molar-refractivity contribution >= 4 is 17.5 Å². The molecule has 0 aliphatic rings. The minimum absolute atomic E-state index is 0.0220. The van der Waals surface area contributed by atoms with E-state index in [-0.39, 0.29) is 17.0 Å². The molecular weight excluding hydrogens is 279 g/mol. The predicted molar refractivity (Wildman–Crippen MR) is 80.4 cm³/mol. The maximum Gasteiger partial charge on any atom is 0.223 e. The fourth-order valence-electron chi connectivity index (χ4n) is 2.03. The Bertz CT molecular complexity index is 449. The van der Waals surface area contributed by atoms with Gasteiger partial charge in [0, 0.05) is 32.1 Å². The number of carbonyl (C=O) groups excluding carboxylic acids is 1. The number of benzene rings is 1. The van der Waals surface area contributed by atoms with E-state index < -0.39 is 5.82 Å². The van der Waals surface area contributed by atoms with Crippen LogP contribution in [0.25, 0.3) is 0 Å². The van der Waals surface area contributed by atoms with Crippen LogP contribution in [0.4, 0.5) is 4.39 Å². The molecular formula is C15H22ClFN2O. The number of nitrogens with one attached hydrogen (secondary N) is 1. The van der Waals surface area contributed by atoms with Gasteiger partial charge in [0.15, 0.2) is 0 Å². The molecule has 0 aliphatic heterocycles. The summed E-state index contributed by atoms with van der Waals surface area (Å²) in [6.45, 7) is 7.90. The molecule has 0 radical (unpaired) electrons. The van der Waals surface area contributed by atoms with E-state index in [0.717, 1.165) is 18.7 Å². The molecule has 0 aliphatic carbocycles. The zero-order valence-corrected chi connectivity index (χ0v) is 13.0. The lowest BCUT2D eigenvalue weighted by atomic mass is 10.1. The summed E-state index contributed by atoms with van der Waals surface area (Å²) in [6, 6.07) is 4.73. The summed E-state index contributed by atoms with van der Waals surface area (Å²) in [6.07, 6.45) is 0.447. The van der Waals surface area contributed by atoms with Crippen LogP contribution in [0.5, 0.6) is 0 Å². The van der Waals surface area contributed by atoms with Gasteiger partial charge in [-0.2, -0.15) is 0 Å². The maximum absolute atomic E-state index is 13.4. The van der Waals surface area contributed by atoms with E-state index in [1.165, 1.54) is 6.07 Å². The van der Waals surface area contributed by atoms with Crippen molar-refractivity contribution in [2.24, 2.45) is 0 Å². The zero-order valence-electron chi connectivity index (χ0n) is 12.2. The highest BCUT2D eigenvalue weighted by Gasteiger charge is 2.11. The quantitative estimate of drug-likeness (QED) is 0.837. The molecule has 1 N–H and O–H groups in total. The van der Waals surface area contributed by atoms with Crippen LogP contribution >= 0.6 is 11.6 Å². The topological polar surface area (TPSA) is 32.3 Å². The first-order valence-corrected chi connectivity index (χ1v) is 7.33. The van der Waals surface area contributed by atoms with Gasteiger partial charge in [-0.15, -0.1) is 0 Å². The number of amides is 1. The lowest BCUT2D eigenvalue weighted by molar-refractivity contribution is -0.130. The summed E-state index contributed by atoms with van der Waals surface area (Å²) in [5.74, 6) is -0.283. The van der Waals surface area contributed by atoms with Crippen molar-refractivity contribution in [1.82, 2.24) is 10.2 Å². The summed E-state index contributed by atoms with van der Waals surface area (Å²) < 4.78 is 13.4. The van der Waals surface area contributed by atoms with E-state index in [1.807, 2.05) is 20.8 Å². The van der Waals surface area contributed by atoms with E-state index in [1.54, 1.807) is 17.0 Å². The first-order valence-electron chi connectivity index (χ1n) is 6.95. The van der Waals surface area contributed by atoms with Gasteiger partial charge in [0.1, 0.15) is 5.82 Å². The van der Waals surface area contributed by atoms with Crippen LogP contribution in [0.2, 0.25) is 5.02 Å². The summed E-state index contributed by atoms with van der Waals surface area (Å²) in [5, 5.41) is 3.35.